The molecular formula is C21H18N2O5. The average molecular weight is 378 g/mol. The molecule has 7 heteroatoms. The van der Waals surface area contributed by atoms with E-state index in [-0.39, 0.29) is 23.9 Å². The summed E-state index contributed by atoms with van der Waals surface area (Å²) in [6, 6.07) is 13.5. The molecular weight excluding hydrogens is 360 g/mol. The maximum absolute atomic E-state index is 12.3. The van der Waals surface area contributed by atoms with E-state index in [1.54, 1.807) is 42.5 Å². The monoisotopic (exact) mass is 378 g/mol. The quantitative estimate of drug-likeness (QED) is 0.526. The number of carbonyl (C=O) groups excluding carboxylic acids is 2. The maximum atomic E-state index is 12.3. The predicted molar refractivity (Wildman–Crippen MR) is 103 cm³/mol. The van der Waals surface area contributed by atoms with Gasteiger partial charge in [0.05, 0.1) is 30.4 Å². The van der Waals surface area contributed by atoms with Crippen molar-refractivity contribution >= 4 is 22.7 Å². The number of nitrogens with zero attached hydrogens (tertiary/aromatic N) is 1. The topological polar surface area (TPSA) is 88.7 Å². The summed E-state index contributed by atoms with van der Waals surface area (Å²) in [5.41, 5.74) is 1.29. The summed E-state index contributed by atoms with van der Waals surface area (Å²) in [6.07, 6.45) is 0.497. The largest absolute Gasteiger partial charge is 0.494 e. The molecule has 2 aromatic carbocycles. The van der Waals surface area contributed by atoms with E-state index in [9.17, 15) is 14.4 Å². The van der Waals surface area contributed by atoms with Gasteiger partial charge in [-0.15, -0.1) is 0 Å². The van der Waals surface area contributed by atoms with E-state index in [2.05, 4.69) is 4.98 Å². The molecule has 0 saturated heterocycles. The lowest BCUT2D eigenvalue weighted by atomic mass is 10.1. The van der Waals surface area contributed by atoms with Crippen LogP contribution in [-0.4, -0.2) is 42.0 Å². The van der Waals surface area contributed by atoms with Crippen molar-refractivity contribution in [3.63, 3.8) is 0 Å². The minimum Gasteiger partial charge on any atom is -0.494 e. The standard InChI is InChI=1S/C21H18N2O5/c1-27-17-12-14(11-13-7-8-18(24)22-19(13)17)28-10-4-9-23-20(25)15-5-2-3-6-16(15)21(23)26/h2-3,5-8,11-12H,4,9-10H2,1H3,(H,22,24). The molecule has 0 saturated carbocycles. The van der Waals surface area contributed by atoms with Crippen molar-refractivity contribution in [1.29, 1.82) is 0 Å². The van der Waals surface area contributed by atoms with Gasteiger partial charge in [-0.3, -0.25) is 19.3 Å². The molecule has 4 rings (SSSR count). The molecule has 0 atom stereocenters. The number of aromatic nitrogens is 1. The Morgan fingerprint density at radius 1 is 0.964 bits per heavy atom. The fourth-order valence-corrected chi connectivity index (χ4v) is 3.31. The highest BCUT2D eigenvalue weighted by Gasteiger charge is 2.34. The van der Waals surface area contributed by atoms with Gasteiger partial charge in [0.2, 0.25) is 5.56 Å². The van der Waals surface area contributed by atoms with Crippen LogP contribution in [0.3, 0.4) is 0 Å². The average Bonchev–Trinajstić information content (AvgIpc) is 2.95. The van der Waals surface area contributed by atoms with Crippen LogP contribution in [0.25, 0.3) is 10.9 Å². The first-order valence-electron chi connectivity index (χ1n) is 8.87. The van der Waals surface area contributed by atoms with Crippen molar-refractivity contribution < 1.29 is 19.1 Å². The lowest BCUT2D eigenvalue weighted by Crippen LogP contribution is -2.31. The van der Waals surface area contributed by atoms with Crippen molar-refractivity contribution in [2.45, 2.75) is 6.42 Å². The first kappa shape index (κ1) is 17.8. The molecule has 0 unspecified atom stereocenters. The SMILES string of the molecule is COc1cc(OCCCN2C(=O)c3ccccc3C2=O)cc2ccc(=O)[nH]c12. The Balaban J connectivity index is 1.41. The van der Waals surface area contributed by atoms with E-state index in [4.69, 9.17) is 9.47 Å². The third kappa shape index (κ3) is 3.11. The Hall–Kier alpha value is -3.61. The Morgan fingerprint density at radius 3 is 2.36 bits per heavy atom. The van der Waals surface area contributed by atoms with Crippen LogP contribution in [0, 0.1) is 0 Å². The Labute approximate surface area is 160 Å². The van der Waals surface area contributed by atoms with Crippen LogP contribution in [-0.2, 0) is 0 Å². The van der Waals surface area contributed by atoms with Gasteiger partial charge in [-0.1, -0.05) is 12.1 Å². The second-order valence-corrected chi connectivity index (χ2v) is 6.42. The van der Waals surface area contributed by atoms with E-state index in [1.807, 2.05) is 0 Å². The van der Waals surface area contributed by atoms with Gasteiger partial charge in [0.1, 0.15) is 11.5 Å². The third-order valence-electron chi connectivity index (χ3n) is 4.66. The molecule has 1 aliphatic heterocycles. The zero-order chi connectivity index (χ0) is 19.7. The van der Waals surface area contributed by atoms with Gasteiger partial charge in [-0.2, -0.15) is 0 Å². The van der Waals surface area contributed by atoms with E-state index in [0.717, 1.165) is 5.39 Å². The highest BCUT2D eigenvalue weighted by atomic mass is 16.5. The van der Waals surface area contributed by atoms with Crippen LogP contribution in [0.15, 0.2) is 53.3 Å². The van der Waals surface area contributed by atoms with Crippen molar-refractivity contribution in [2.75, 3.05) is 20.3 Å². The molecule has 142 valence electrons. The number of rotatable bonds is 6. The zero-order valence-corrected chi connectivity index (χ0v) is 15.2. The van der Waals surface area contributed by atoms with Crippen LogP contribution in [0.5, 0.6) is 11.5 Å². The number of amides is 2. The van der Waals surface area contributed by atoms with Gasteiger partial charge >= 0.3 is 0 Å². The predicted octanol–water partition coefficient (Wildman–Crippen LogP) is 2.60. The summed E-state index contributed by atoms with van der Waals surface area (Å²) in [6.45, 7) is 0.607. The number of ether oxygens (including phenoxy) is 2. The summed E-state index contributed by atoms with van der Waals surface area (Å²) < 4.78 is 11.1. The number of methoxy groups -OCH3 is 1. The molecule has 0 spiro atoms. The molecule has 1 N–H and O–H groups in total. The van der Waals surface area contributed by atoms with Crippen molar-refractivity contribution in [3.8, 4) is 11.5 Å². The number of aromatic amines is 1. The number of nitrogens with one attached hydrogen (secondary N) is 1. The van der Waals surface area contributed by atoms with Gasteiger partial charge < -0.3 is 14.5 Å². The van der Waals surface area contributed by atoms with Crippen molar-refractivity contribution in [3.05, 3.63) is 70.0 Å². The number of carbonyl (C=O) groups is 2. The molecule has 0 bridgehead atoms. The number of imide groups is 1. The van der Waals surface area contributed by atoms with E-state index >= 15 is 0 Å². The molecule has 2 amide bonds. The number of benzene rings is 2. The number of H-pyrrole nitrogens is 1. The summed E-state index contributed by atoms with van der Waals surface area (Å²) in [7, 11) is 1.52. The summed E-state index contributed by atoms with van der Waals surface area (Å²) >= 11 is 0. The van der Waals surface area contributed by atoms with Gasteiger partial charge in [0, 0.05) is 24.1 Å². The summed E-state index contributed by atoms with van der Waals surface area (Å²) in [4.78, 5) is 40.2. The first-order chi connectivity index (χ1) is 13.6. The molecule has 2 heterocycles. The van der Waals surface area contributed by atoms with Crippen LogP contribution < -0.4 is 15.0 Å². The lowest BCUT2D eigenvalue weighted by molar-refractivity contribution is 0.0647. The zero-order valence-electron chi connectivity index (χ0n) is 15.2. The van der Waals surface area contributed by atoms with Gasteiger partial charge in [0.15, 0.2) is 0 Å². The third-order valence-corrected chi connectivity index (χ3v) is 4.66. The highest BCUT2D eigenvalue weighted by molar-refractivity contribution is 6.21. The van der Waals surface area contributed by atoms with Crippen LogP contribution >= 0.6 is 0 Å². The van der Waals surface area contributed by atoms with Crippen LogP contribution in [0.4, 0.5) is 0 Å². The Kier molecular flexibility index (Phi) is 4.57. The molecule has 0 fully saturated rings. The van der Waals surface area contributed by atoms with E-state index in [0.29, 0.717) is 41.2 Å². The molecule has 3 aromatic rings. The fraction of sp³-hybridized carbons (Fsp3) is 0.190. The maximum Gasteiger partial charge on any atom is 0.261 e. The minimum absolute atomic E-state index is 0.208. The normalized spacial score (nSPS) is 13.1. The van der Waals surface area contributed by atoms with Gasteiger partial charge in [-0.25, -0.2) is 0 Å². The number of pyridine rings is 1. The van der Waals surface area contributed by atoms with Crippen molar-refractivity contribution in [1.82, 2.24) is 9.88 Å². The first-order valence-corrected chi connectivity index (χ1v) is 8.87. The summed E-state index contributed by atoms with van der Waals surface area (Å²) in [5, 5.41) is 0.786. The summed E-state index contributed by atoms with van der Waals surface area (Å²) in [5.74, 6) is 0.554. The van der Waals surface area contributed by atoms with Crippen LogP contribution in [0.1, 0.15) is 27.1 Å². The molecule has 28 heavy (non-hydrogen) atoms. The van der Waals surface area contributed by atoms with E-state index < -0.39 is 0 Å². The number of hydrogen-bond donors (Lipinski definition) is 1. The fourth-order valence-electron chi connectivity index (χ4n) is 3.31. The molecule has 0 aliphatic carbocycles. The molecule has 1 aliphatic rings. The van der Waals surface area contributed by atoms with E-state index in [1.165, 1.54) is 18.1 Å². The number of hydrogen-bond acceptors (Lipinski definition) is 5. The van der Waals surface area contributed by atoms with Crippen molar-refractivity contribution in [2.24, 2.45) is 0 Å². The Morgan fingerprint density at radius 2 is 1.68 bits per heavy atom. The second kappa shape index (κ2) is 7.19. The van der Waals surface area contributed by atoms with Gasteiger partial charge in [-0.05, 0) is 30.7 Å². The van der Waals surface area contributed by atoms with Crippen LogP contribution in [0.2, 0.25) is 0 Å². The highest BCUT2D eigenvalue weighted by Crippen LogP contribution is 2.29. The van der Waals surface area contributed by atoms with Gasteiger partial charge in [0.25, 0.3) is 11.8 Å². The second-order valence-electron chi connectivity index (χ2n) is 6.42. The molecule has 0 radical (unpaired) electrons. The minimum atomic E-state index is -0.267. The Bertz CT molecular complexity index is 1100. The lowest BCUT2D eigenvalue weighted by Gasteiger charge is -2.14. The number of fused-ring (bicyclic) bond motifs is 2. The molecule has 7 nitrogen and oxygen atoms in total. The smallest absolute Gasteiger partial charge is 0.261 e. The molecule has 1 aromatic heterocycles.